The first kappa shape index (κ1) is 11.0. The normalized spacial score (nSPS) is 20.2. The van der Waals surface area contributed by atoms with Gasteiger partial charge in [0.25, 0.3) is 0 Å². The smallest absolute Gasteiger partial charge is 0.201 e. The van der Waals surface area contributed by atoms with Crippen LogP contribution in [-0.4, -0.2) is 22.1 Å². The summed E-state index contributed by atoms with van der Waals surface area (Å²) in [6, 6.07) is 6.52. The quantitative estimate of drug-likeness (QED) is 0.892. The lowest BCUT2D eigenvalue weighted by Gasteiger charge is -2.13. The third kappa shape index (κ3) is 1.93. The average Bonchev–Trinajstić information content (AvgIpc) is 2.89. The van der Waals surface area contributed by atoms with E-state index in [1.54, 1.807) is 0 Å². The van der Waals surface area contributed by atoms with Crippen molar-refractivity contribution in [2.24, 2.45) is 0 Å². The maximum atomic E-state index is 6.00. The van der Waals surface area contributed by atoms with Gasteiger partial charge in [0.2, 0.25) is 5.95 Å². The van der Waals surface area contributed by atoms with E-state index in [1.165, 1.54) is 12.8 Å². The lowest BCUT2D eigenvalue weighted by molar-refractivity contribution is 0.521. The molecule has 2 aromatic rings. The highest BCUT2D eigenvalue weighted by atomic mass is 79.9. The number of anilines is 1. The van der Waals surface area contributed by atoms with Gasteiger partial charge >= 0.3 is 0 Å². The van der Waals surface area contributed by atoms with Crippen molar-refractivity contribution >= 4 is 32.9 Å². The van der Waals surface area contributed by atoms with Crippen LogP contribution in [0.25, 0.3) is 11.0 Å². The van der Waals surface area contributed by atoms with Crippen molar-refractivity contribution in [3.05, 3.63) is 22.7 Å². The fourth-order valence-corrected chi connectivity index (χ4v) is 3.05. The summed E-state index contributed by atoms with van der Waals surface area (Å²) in [5.41, 5.74) is 8.05. The Bertz CT molecular complexity index is 543. The van der Waals surface area contributed by atoms with Crippen LogP contribution in [0.3, 0.4) is 0 Å². The summed E-state index contributed by atoms with van der Waals surface area (Å²) in [4.78, 5) is 4.40. The van der Waals surface area contributed by atoms with Crippen LogP contribution in [0, 0.1) is 0 Å². The molecule has 1 aliphatic rings. The van der Waals surface area contributed by atoms with Gasteiger partial charge in [-0.25, -0.2) is 4.98 Å². The fraction of sp³-hybridized carbons (Fsp3) is 0.417. The van der Waals surface area contributed by atoms with Gasteiger partial charge in [-0.15, -0.1) is 0 Å². The summed E-state index contributed by atoms with van der Waals surface area (Å²) in [5, 5.41) is 3.49. The predicted octanol–water partition coefficient (Wildman–Crippen LogP) is 2.13. The average molecular weight is 295 g/mol. The summed E-state index contributed by atoms with van der Waals surface area (Å²) in [6.45, 7) is 2.00. The van der Waals surface area contributed by atoms with Crippen LogP contribution in [0.5, 0.6) is 0 Å². The number of para-hydroxylation sites is 1. The van der Waals surface area contributed by atoms with E-state index in [9.17, 15) is 0 Å². The Balaban J connectivity index is 2.04. The van der Waals surface area contributed by atoms with Crippen LogP contribution < -0.4 is 11.1 Å². The highest BCUT2D eigenvalue weighted by Crippen LogP contribution is 2.26. The predicted molar refractivity (Wildman–Crippen MR) is 72.9 cm³/mol. The molecule has 0 aliphatic carbocycles. The zero-order valence-electron chi connectivity index (χ0n) is 9.49. The van der Waals surface area contributed by atoms with E-state index in [2.05, 4.69) is 30.8 Å². The van der Waals surface area contributed by atoms with E-state index in [0.29, 0.717) is 12.0 Å². The SMILES string of the molecule is Nc1nc2cccc(Br)c2n1CC1CCCN1. The van der Waals surface area contributed by atoms with Crippen molar-refractivity contribution in [3.63, 3.8) is 0 Å². The standard InChI is InChI=1S/C12H15BrN4/c13-9-4-1-5-10-11(9)17(12(14)16-10)7-8-3-2-6-15-8/h1,4-5,8,15H,2-3,6-7H2,(H2,14,16). The highest BCUT2D eigenvalue weighted by Gasteiger charge is 2.18. The molecule has 3 rings (SSSR count). The number of hydrogen-bond donors (Lipinski definition) is 2. The van der Waals surface area contributed by atoms with Crippen LogP contribution in [0.4, 0.5) is 5.95 Å². The number of fused-ring (bicyclic) bond motifs is 1. The molecular weight excluding hydrogens is 280 g/mol. The van der Waals surface area contributed by atoms with Crippen molar-refractivity contribution in [2.45, 2.75) is 25.4 Å². The first-order valence-electron chi connectivity index (χ1n) is 5.89. The molecule has 90 valence electrons. The number of benzene rings is 1. The van der Waals surface area contributed by atoms with E-state index in [-0.39, 0.29) is 0 Å². The molecule has 1 aliphatic heterocycles. The van der Waals surface area contributed by atoms with Gasteiger partial charge in [0, 0.05) is 17.1 Å². The number of aromatic nitrogens is 2. The molecule has 1 fully saturated rings. The number of halogens is 1. The monoisotopic (exact) mass is 294 g/mol. The van der Waals surface area contributed by atoms with E-state index < -0.39 is 0 Å². The van der Waals surface area contributed by atoms with E-state index >= 15 is 0 Å². The van der Waals surface area contributed by atoms with Crippen molar-refractivity contribution in [1.29, 1.82) is 0 Å². The van der Waals surface area contributed by atoms with Crippen molar-refractivity contribution < 1.29 is 0 Å². The highest BCUT2D eigenvalue weighted by molar-refractivity contribution is 9.10. The minimum Gasteiger partial charge on any atom is -0.369 e. The van der Waals surface area contributed by atoms with E-state index in [1.807, 2.05) is 18.2 Å². The molecule has 0 spiro atoms. The molecule has 1 aromatic carbocycles. The molecule has 0 saturated carbocycles. The van der Waals surface area contributed by atoms with Gasteiger partial charge in [0.05, 0.1) is 11.0 Å². The third-order valence-corrected chi connectivity index (χ3v) is 3.95. The number of rotatable bonds is 2. The number of imidazole rings is 1. The second-order valence-electron chi connectivity index (χ2n) is 4.48. The van der Waals surface area contributed by atoms with E-state index in [0.717, 1.165) is 28.6 Å². The van der Waals surface area contributed by atoms with Gasteiger partial charge in [0.15, 0.2) is 0 Å². The van der Waals surface area contributed by atoms with Crippen molar-refractivity contribution in [3.8, 4) is 0 Å². The lowest BCUT2D eigenvalue weighted by Crippen LogP contribution is -2.27. The summed E-state index contributed by atoms with van der Waals surface area (Å²) in [7, 11) is 0. The van der Waals surface area contributed by atoms with Gasteiger partial charge in [-0.1, -0.05) is 6.07 Å². The van der Waals surface area contributed by atoms with Gasteiger partial charge in [0.1, 0.15) is 0 Å². The topological polar surface area (TPSA) is 55.9 Å². The van der Waals surface area contributed by atoms with Crippen molar-refractivity contribution in [2.75, 3.05) is 12.3 Å². The zero-order valence-corrected chi connectivity index (χ0v) is 11.1. The van der Waals surface area contributed by atoms with Crippen molar-refractivity contribution in [1.82, 2.24) is 14.9 Å². The molecule has 1 unspecified atom stereocenters. The van der Waals surface area contributed by atoms with Crippen LogP contribution in [0.15, 0.2) is 22.7 Å². The van der Waals surface area contributed by atoms with Gasteiger partial charge in [-0.2, -0.15) is 0 Å². The molecule has 2 heterocycles. The Morgan fingerprint density at radius 2 is 2.41 bits per heavy atom. The Morgan fingerprint density at radius 3 is 3.18 bits per heavy atom. The lowest BCUT2D eigenvalue weighted by atomic mass is 10.2. The van der Waals surface area contributed by atoms with Gasteiger partial charge in [-0.05, 0) is 47.4 Å². The molecule has 1 aromatic heterocycles. The third-order valence-electron chi connectivity index (χ3n) is 3.31. The second-order valence-corrected chi connectivity index (χ2v) is 5.34. The number of nitrogens with one attached hydrogen (secondary N) is 1. The molecule has 1 saturated heterocycles. The van der Waals surface area contributed by atoms with Crippen LogP contribution in [0.1, 0.15) is 12.8 Å². The molecule has 3 N–H and O–H groups in total. The minimum absolute atomic E-state index is 0.516. The minimum atomic E-state index is 0.516. The summed E-state index contributed by atoms with van der Waals surface area (Å²) < 4.78 is 3.15. The maximum absolute atomic E-state index is 6.00. The van der Waals surface area contributed by atoms with Gasteiger partial charge in [-0.3, -0.25) is 0 Å². The van der Waals surface area contributed by atoms with E-state index in [4.69, 9.17) is 5.73 Å². The molecular formula is C12H15BrN4. The Hall–Kier alpha value is -1.07. The summed E-state index contributed by atoms with van der Waals surface area (Å²) in [5.74, 6) is 0.598. The van der Waals surface area contributed by atoms with Crippen LogP contribution in [-0.2, 0) is 6.54 Å². The zero-order chi connectivity index (χ0) is 11.8. The summed E-state index contributed by atoms with van der Waals surface area (Å²) >= 11 is 3.57. The molecule has 17 heavy (non-hydrogen) atoms. The van der Waals surface area contributed by atoms with Gasteiger partial charge < -0.3 is 15.6 Å². The first-order chi connectivity index (χ1) is 8.25. The molecule has 5 heteroatoms. The molecule has 1 atom stereocenters. The Labute approximate surface area is 108 Å². The number of nitrogens with two attached hydrogens (primary N) is 1. The van der Waals surface area contributed by atoms with Crippen LogP contribution >= 0.6 is 15.9 Å². The first-order valence-corrected chi connectivity index (χ1v) is 6.68. The molecule has 4 nitrogen and oxygen atoms in total. The molecule has 0 radical (unpaired) electrons. The largest absolute Gasteiger partial charge is 0.369 e. The second kappa shape index (κ2) is 4.31. The Kier molecular flexibility index (Phi) is 2.80. The summed E-state index contributed by atoms with van der Waals surface area (Å²) in [6.07, 6.45) is 2.46. The number of nitrogens with zero attached hydrogens (tertiary/aromatic N) is 2. The number of nitrogen functional groups attached to an aromatic ring is 1. The Morgan fingerprint density at radius 1 is 1.53 bits per heavy atom. The number of hydrogen-bond acceptors (Lipinski definition) is 3. The molecule has 0 bridgehead atoms. The maximum Gasteiger partial charge on any atom is 0.201 e. The van der Waals surface area contributed by atoms with Crippen LogP contribution in [0.2, 0.25) is 0 Å². The fourth-order valence-electron chi connectivity index (χ4n) is 2.48. The molecule has 0 amide bonds.